The molecule has 8 aromatic carbocycles. The van der Waals surface area contributed by atoms with E-state index in [0.29, 0.717) is 27.1 Å². The first-order chi connectivity index (χ1) is 27.6. The predicted octanol–water partition coefficient (Wildman–Crippen LogP) is 12.6. The van der Waals surface area contributed by atoms with Crippen LogP contribution in [0.4, 0.5) is 34.1 Å². The smallest absolute Gasteiger partial charge is 0.197 e. The normalized spacial score (nSPS) is 12.3. The molecule has 0 spiro atoms. The van der Waals surface area contributed by atoms with Gasteiger partial charge in [0.15, 0.2) is 10.9 Å². The van der Waals surface area contributed by atoms with E-state index in [9.17, 15) is 9.59 Å². The van der Waals surface area contributed by atoms with E-state index in [4.69, 9.17) is 0 Å². The van der Waals surface area contributed by atoms with Crippen LogP contribution >= 0.6 is 11.8 Å². The van der Waals surface area contributed by atoms with Crippen LogP contribution in [0.25, 0.3) is 49.2 Å². The summed E-state index contributed by atoms with van der Waals surface area (Å²) in [5.74, 6) is 0. The van der Waals surface area contributed by atoms with Gasteiger partial charge in [0, 0.05) is 54.1 Å². The van der Waals surface area contributed by atoms with Crippen molar-refractivity contribution >= 4 is 84.0 Å². The molecule has 0 bridgehead atoms. The van der Waals surface area contributed by atoms with E-state index >= 15 is 0 Å². The SMILES string of the molecule is O=c1c2ccc(N(c3ccccc3)c3ccccc3)cc2n2c3cc4c(cc3c(=O)c3cccc1c32)N(c1ccc(-c2ccccc2)cc1)c1ccccc1S4. The molecule has 0 saturated carbocycles. The molecule has 5 nitrogen and oxygen atoms in total. The Labute approximate surface area is 326 Å². The average Bonchev–Trinajstić information content (AvgIpc) is 3.26. The quantitative estimate of drug-likeness (QED) is 0.130. The summed E-state index contributed by atoms with van der Waals surface area (Å²) >= 11 is 1.70. The van der Waals surface area contributed by atoms with Crippen LogP contribution in [-0.4, -0.2) is 4.40 Å². The minimum Gasteiger partial charge on any atom is -0.310 e. The summed E-state index contributed by atoms with van der Waals surface area (Å²) in [5, 5.41) is 2.23. The van der Waals surface area contributed by atoms with Crippen LogP contribution in [0.15, 0.2) is 207 Å². The monoisotopic (exact) mass is 737 g/mol. The van der Waals surface area contributed by atoms with Gasteiger partial charge < -0.3 is 14.2 Å². The number of para-hydroxylation sites is 4. The lowest BCUT2D eigenvalue weighted by atomic mass is 10.0. The number of pyridine rings is 2. The molecule has 0 N–H and O–H groups in total. The lowest BCUT2D eigenvalue weighted by Crippen LogP contribution is -2.18. The maximum Gasteiger partial charge on any atom is 0.197 e. The molecule has 10 aromatic rings. The van der Waals surface area contributed by atoms with Crippen molar-refractivity contribution in [3.63, 3.8) is 0 Å². The number of aromatic nitrogens is 1. The van der Waals surface area contributed by atoms with Crippen LogP contribution in [0.3, 0.4) is 0 Å². The number of benzene rings is 8. The number of nitrogens with zero attached hydrogens (tertiary/aromatic N) is 3. The van der Waals surface area contributed by atoms with Gasteiger partial charge in [-0.3, -0.25) is 9.59 Å². The maximum absolute atomic E-state index is 14.7. The molecule has 1 aliphatic heterocycles. The Balaban J connectivity index is 1.19. The van der Waals surface area contributed by atoms with Crippen molar-refractivity contribution in [1.29, 1.82) is 0 Å². The first kappa shape index (κ1) is 32.3. The fourth-order valence-corrected chi connectivity index (χ4v) is 9.39. The van der Waals surface area contributed by atoms with Crippen molar-refractivity contribution in [3.05, 3.63) is 209 Å². The van der Waals surface area contributed by atoms with Crippen molar-refractivity contribution in [1.82, 2.24) is 4.40 Å². The molecule has 0 amide bonds. The Morgan fingerprint density at radius 1 is 0.411 bits per heavy atom. The minimum atomic E-state index is -0.0956. The van der Waals surface area contributed by atoms with Crippen molar-refractivity contribution < 1.29 is 0 Å². The van der Waals surface area contributed by atoms with E-state index < -0.39 is 0 Å². The molecule has 2 aromatic heterocycles. The molecule has 264 valence electrons. The van der Waals surface area contributed by atoms with Crippen molar-refractivity contribution in [2.45, 2.75) is 9.79 Å². The van der Waals surface area contributed by atoms with Crippen LogP contribution in [0.5, 0.6) is 0 Å². The standard InChI is InChI=1S/C50H31N3O2S/c54-49-38-28-27-37(51(34-15-6-2-7-16-34)35-17-8-3-9-18-35)29-43(38)53-44-31-47-45(30-41(44)50(55)40-20-12-19-39(49)48(40)53)52(42-21-10-11-22-46(42)56-47)36-25-23-33(24-26-36)32-13-4-1-5-14-32/h1-31H. The zero-order chi connectivity index (χ0) is 37.3. The minimum absolute atomic E-state index is 0.0896. The van der Waals surface area contributed by atoms with Crippen LogP contribution in [-0.2, 0) is 0 Å². The van der Waals surface area contributed by atoms with Gasteiger partial charge >= 0.3 is 0 Å². The van der Waals surface area contributed by atoms with Crippen molar-refractivity contribution in [2.75, 3.05) is 9.80 Å². The van der Waals surface area contributed by atoms with E-state index in [2.05, 4.69) is 129 Å². The lowest BCUT2D eigenvalue weighted by molar-refractivity contribution is 1.17. The van der Waals surface area contributed by atoms with E-state index in [1.54, 1.807) is 11.8 Å². The second-order valence-electron chi connectivity index (χ2n) is 14.1. The lowest BCUT2D eigenvalue weighted by Gasteiger charge is -2.33. The molecule has 0 atom stereocenters. The van der Waals surface area contributed by atoms with Gasteiger partial charge in [0.2, 0.25) is 0 Å². The number of anilines is 6. The van der Waals surface area contributed by atoms with Gasteiger partial charge in [-0.2, -0.15) is 0 Å². The fourth-order valence-electron chi connectivity index (χ4n) is 8.32. The molecular formula is C50H31N3O2S. The topological polar surface area (TPSA) is 45.0 Å². The third-order valence-corrected chi connectivity index (χ3v) is 12.0. The summed E-state index contributed by atoms with van der Waals surface area (Å²) in [4.78, 5) is 35.6. The number of hydrogen-bond donors (Lipinski definition) is 0. The summed E-state index contributed by atoms with van der Waals surface area (Å²) < 4.78 is 2.15. The van der Waals surface area contributed by atoms with Crippen molar-refractivity contribution in [3.8, 4) is 11.1 Å². The molecular weight excluding hydrogens is 707 g/mol. The van der Waals surface area contributed by atoms with E-state index in [0.717, 1.165) is 66.1 Å². The molecule has 0 fully saturated rings. The second-order valence-corrected chi connectivity index (χ2v) is 15.1. The third-order valence-electron chi connectivity index (χ3n) is 10.9. The first-order valence-electron chi connectivity index (χ1n) is 18.6. The van der Waals surface area contributed by atoms with Crippen LogP contribution < -0.4 is 20.7 Å². The van der Waals surface area contributed by atoms with E-state index in [-0.39, 0.29) is 10.9 Å². The molecule has 0 unspecified atom stereocenters. The zero-order valence-corrected chi connectivity index (χ0v) is 30.8. The van der Waals surface area contributed by atoms with E-state index in [1.807, 2.05) is 72.8 Å². The zero-order valence-electron chi connectivity index (χ0n) is 30.0. The predicted molar refractivity (Wildman–Crippen MR) is 233 cm³/mol. The van der Waals surface area contributed by atoms with Gasteiger partial charge in [0.25, 0.3) is 0 Å². The Morgan fingerprint density at radius 2 is 1.00 bits per heavy atom. The van der Waals surface area contributed by atoms with Gasteiger partial charge in [-0.1, -0.05) is 109 Å². The largest absolute Gasteiger partial charge is 0.310 e. The van der Waals surface area contributed by atoms with Crippen LogP contribution in [0.2, 0.25) is 0 Å². The average molecular weight is 738 g/mol. The van der Waals surface area contributed by atoms with Gasteiger partial charge in [0.05, 0.1) is 27.9 Å². The van der Waals surface area contributed by atoms with Gasteiger partial charge in [-0.05, 0) is 102 Å². The molecule has 56 heavy (non-hydrogen) atoms. The van der Waals surface area contributed by atoms with Crippen LogP contribution in [0, 0.1) is 0 Å². The number of rotatable bonds is 5. The molecule has 1 aliphatic rings. The Kier molecular flexibility index (Phi) is 7.34. The first-order valence-corrected chi connectivity index (χ1v) is 19.4. The Bertz CT molecular complexity index is 3220. The van der Waals surface area contributed by atoms with Crippen LogP contribution in [0.1, 0.15) is 0 Å². The summed E-state index contributed by atoms with van der Waals surface area (Å²) in [6.45, 7) is 0. The summed E-state index contributed by atoms with van der Waals surface area (Å²) in [6.07, 6.45) is 0. The molecule has 0 saturated heterocycles. The Hall–Kier alpha value is -7.15. The van der Waals surface area contributed by atoms with Gasteiger partial charge in [0.1, 0.15) is 0 Å². The van der Waals surface area contributed by atoms with Gasteiger partial charge in [-0.25, -0.2) is 0 Å². The van der Waals surface area contributed by atoms with Crippen molar-refractivity contribution in [2.24, 2.45) is 0 Å². The highest BCUT2D eigenvalue weighted by atomic mass is 32.2. The molecule has 0 aliphatic carbocycles. The maximum atomic E-state index is 14.7. The molecule has 6 heteroatoms. The fraction of sp³-hybridized carbons (Fsp3) is 0. The van der Waals surface area contributed by atoms with E-state index in [1.165, 1.54) is 0 Å². The summed E-state index contributed by atoms with van der Waals surface area (Å²) in [6, 6.07) is 63.6. The third kappa shape index (κ3) is 4.96. The van der Waals surface area contributed by atoms with Gasteiger partial charge in [-0.15, -0.1) is 0 Å². The molecule has 0 radical (unpaired) electrons. The summed E-state index contributed by atoms with van der Waals surface area (Å²) in [7, 11) is 0. The number of fused-ring (bicyclic) bond motifs is 6. The molecule has 3 heterocycles. The molecule has 11 rings (SSSR count). The number of hydrogen-bond acceptors (Lipinski definition) is 5. The highest BCUT2D eigenvalue weighted by Crippen LogP contribution is 2.52. The Morgan fingerprint density at radius 3 is 1.70 bits per heavy atom. The highest BCUT2D eigenvalue weighted by Gasteiger charge is 2.28. The second kappa shape index (κ2) is 12.7. The summed E-state index contributed by atoms with van der Waals surface area (Å²) in [5.41, 5.74) is 10.2. The highest BCUT2D eigenvalue weighted by molar-refractivity contribution is 7.99.